The molecule has 0 aliphatic rings. The van der Waals surface area contributed by atoms with Crippen molar-refractivity contribution in [1.29, 1.82) is 5.26 Å². The van der Waals surface area contributed by atoms with Crippen LogP contribution in [0.4, 0.5) is 0 Å². The van der Waals surface area contributed by atoms with E-state index in [4.69, 9.17) is 10.00 Å². The highest BCUT2D eigenvalue weighted by Gasteiger charge is 2.04. The molecule has 2 aromatic carbocycles. The Bertz CT molecular complexity index is 569. The minimum atomic E-state index is 0.757. The SMILES string of the molecule is COc1ccccc1CCc1ccccc1C#N. The van der Waals surface area contributed by atoms with Crippen LogP contribution < -0.4 is 4.74 Å². The molecule has 0 unspecified atom stereocenters. The lowest BCUT2D eigenvalue weighted by molar-refractivity contribution is 0.409. The van der Waals surface area contributed by atoms with Gasteiger partial charge in [-0.05, 0) is 36.1 Å². The number of methoxy groups -OCH3 is 1. The standard InChI is InChI=1S/C16H15NO/c1-18-16-9-5-4-7-14(16)11-10-13-6-2-3-8-15(13)12-17/h2-9H,10-11H2,1H3. The van der Waals surface area contributed by atoms with Crippen LogP contribution in [0.1, 0.15) is 16.7 Å². The summed E-state index contributed by atoms with van der Waals surface area (Å²) in [6, 6.07) is 18.0. The number of ether oxygens (including phenoxy) is 1. The Morgan fingerprint density at radius 2 is 1.56 bits per heavy atom. The molecular weight excluding hydrogens is 222 g/mol. The van der Waals surface area contributed by atoms with Gasteiger partial charge in [0.25, 0.3) is 0 Å². The fraction of sp³-hybridized carbons (Fsp3) is 0.188. The average molecular weight is 237 g/mol. The van der Waals surface area contributed by atoms with E-state index >= 15 is 0 Å². The summed E-state index contributed by atoms with van der Waals surface area (Å²) in [4.78, 5) is 0. The van der Waals surface area contributed by atoms with E-state index < -0.39 is 0 Å². The molecule has 0 bridgehead atoms. The predicted molar refractivity (Wildman–Crippen MR) is 71.6 cm³/mol. The normalized spacial score (nSPS) is 9.78. The quantitative estimate of drug-likeness (QED) is 0.817. The van der Waals surface area contributed by atoms with Crippen LogP contribution in [0.25, 0.3) is 0 Å². The first-order valence-electron chi connectivity index (χ1n) is 5.95. The van der Waals surface area contributed by atoms with Crippen molar-refractivity contribution in [2.75, 3.05) is 7.11 Å². The number of nitriles is 1. The second kappa shape index (κ2) is 5.88. The summed E-state index contributed by atoms with van der Waals surface area (Å²) < 4.78 is 5.33. The van der Waals surface area contributed by atoms with E-state index in [1.165, 1.54) is 5.56 Å². The zero-order valence-electron chi connectivity index (χ0n) is 10.4. The first kappa shape index (κ1) is 12.2. The molecule has 0 saturated heterocycles. The van der Waals surface area contributed by atoms with Gasteiger partial charge in [0.05, 0.1) is 18.7 Å². The molecule has 90 valence electrons. The molecule has 2 rings (SSSR count). The molecule has 2 heteroatoms. The third-order valence-electron chi connectivity index (χ3n) is 2.99. The van der Waals surface area contributed by atoms with Crippen LogP contribution in [0.15, 0.2) is 48.5 Å². The van der Waals surface area contributed by atoms with Crippen molar-refractivity contribution in [3.05, 3.63) is 65.2 Å². The number of para-hydroxylation sites is 1. The maximum atomic E-state index is 9.04. The highest BCUT2D eigenvalue weighted by molar-refractivity contribution is 5.39. The monoisotopic (exact) mass is 237 g/mol. The van der Waals surface area contributed by atoms with Gasteiger partial charge in [-0.1, -0.05) is 36.4 Å². The Morgan fingerprint density at radius 3 is 2.28 bits per heavy atom. The Morgan fingerprint density at radius 1 is 0.944 bits per heavy atom. The molecular formula is C16H15NO. The van der Waals surface area contributed by atoms with E-state index in [1.54, 1.807) is 7.11 Å². The maximum absolute atomic E-state index is 9.04. The molecule has 0 fully saturated rings. The Labute approximate surface area is 107 Å². The smallest absolute Gasteiger partial charge is 0.122 e. The summed E-state index contributed by atoms with van der Waals surface area (Å²) in [5.74, 6) is 0.909. The summed E-state index contributed by atoms with van der Waals surface area (Å²) in [6.45, 7) is 0. The van der Waals surface area contributed by atoms with Crippen LogP contribution in [0, 0.1) is 11.3 Å². The van der Waals surface area contributed by atoms with E-state index in [-0.39, 0.29) is 0 Å². The molecule has 0 radical (unpaired) electrons. The lowest BCUT2D eigenvalue weighted by Gasteiger charge is -2.08. The summed E-state index contributed by atoms with van der Waals surface area (Å²) in [7, 11) is 1.68. The molecule has 0 N–H and O–H groups in total. The molecule has 0 aromatic heterocycles. The first-order valence-corrected chi connectivity index (χ1v) is 5.95. The maximum Gasteiger partial charge on any atom is 0.122 e. The number of aryl methyl sites for hydroxylation is 2. The van der Waals surface area contributed by atoms with Gasteiger partial charge in [-0.3, -0.25) is 0 Å². The third kappa shape index (κ3) is 2.70. The van der Waals surface area contributed by atoms with E-state index in [1.807, 2.05) is 42.5 Å². The first-order chi connectivity index (χ1) is 8.85. The number of nitrogens with zero attached hydrogens (tertiary/aromatic N) is 1. The highest BCUT2D eigenvalue weighted by Crippen LogP contribution is 2.20. The molecule has 0 atom stereocenters. The van der Waals surface area contributed by atoms with Crippen LogP contribution in [-0.4, -0.2) is 7.11 Å². The van der Waals surface area contributed by atoms with Gasteiger partial charge in [0.15, 0.2) is 0 Å². The fourth-order valence-electron chi connectivity index (χ4n) is 2.03. The van der Waals surface area contributed by atoms with Gasteiger partial charge in [0.1, 0.15) is 5.75 Å². The third-order valence-corrected chi connectivity index (χ3v) is 2.99. The summed E-state index contributed by atoms with van der Waals surface area (Å²) in [5, 5.41) is 9.04. The summed E-state index contributed by atoms with van der Waals surface area (Å²) >= 11 is 0. The molecule has 0 saturated carbocycles. The molecule has 2 nitrogen and oxygen atoms in total. The number of hydrogen-bond acceptors (Lipinski definition) is 2. The Hall–Kier alpha value is -2.27. The van der Waals surface area contributed by atoms with Gasteiger partial charge in [-0.15, -0.1) is 0 Å². The van der Waals surface area contributed by atoms with Gasteiger partial charge in [0.2, 0.25) is 0 Å². The summed E-state index contributed by atoms with van der Waals surface area (Å²) in [6.07, 6.45) is 1.73. The lowest BCUT2D eigenvalue weighted by atomic mass is 10.00. The Kier molecular flexibility index (Phi) is 3.98. The average Bonchev–Trinajstić information content (AvgIpc) is 2.45. The highest BCUT2D eigenvalue weighted by atomic mass is 16.5. The van der Waals surface area contributed by atoms with Crippen molar-refractivity contribution in [1.82, 2.24) is 0 Å². The van der Waals surface area contributed by atoms with Crippen molar-refractivity contribution < 1.29 is 4.74 Å². The molecule has 0 amide bonds. The topological polar surface area (TPSA) is 33.0 Å². The number of hydrogen-bond donors (Lipinski definition) is 0. The van der Waals surface area contributed by atoms with E-state index in [9.17, 15) is 0 Å². The molecule has 18 heavy (non-hydrogen) atoms. The number of benzene rings is 2. The van der Waals surface area contributed by atoms with E-state index in [0.29, 0.717) is 0 Å². The van der Waals surface area contributed by atoms with E-state index in [2.05, 4.69) is 12.1 Å². The van der Waals surface area contributed by atoms with Crippen molar-refractivity contribution in [3.63, 3.8) is 0 Å². The molecule has 2 aromatic rings. The van der Waals surface area contributed by atoms with Crippen molar-refractivity contribution >= 4 is 0 Å². The molecule has 0 heterocycles. The minimum absolute atomic E-state index is 0.757. The van der Waals surface area contributed by atoms with Gasteiger partial charge in [-0.2, -0.15) is 5.26 Å². The Balaban J connectivity index is 2.14. The zero-order chi connectivity index (χ0) is 12.8. The zero-order valence-corrected chi connectivity index (χ0v) is 10.4. The van der Waals surface area contributed by atoms with Crippen LogP contribution in [0.3, 0.4) is 0 Å². The van der Waals surface area contributed by atoms with E-state index in [0.717, 1.165) is 29.7 Å². The van der Waals surface area contributed by atoms with Crippen molar-refractivity contribution in [2.45, 2.75) is 12.8 Å². The van der Waals surface area contributed by atoms with Crippen LogP contribution in [0.5, 0.6) is 5.75 Å². The molecule has 0 aliphatic carbocycles. The van der Waals surface area contributed by atoms with Gasteiger partial charge < -0.3 is 4.74 Å². The second-order valence-corrected chi connectivity index (χ2v) is 4.08. The van der Waals surface area contributed by atoms with Crippen molar-refractivity contribution in [3.8, 4) is 11.8 Å². The minimum Gasteiger partial charge on any atom is -0.496 e. The molecule has 0 spiro atoms. The van der Waals surface area contributed by atoms with Gasteiger partial charge in [0, 0.05) is 0 Å². The molecule has 0 aliphatic heterocycles. The fourth-order valence-corrected chi connectivity index (χ4v) is 2.03. The van der Waals surface area contributed by atoms with Gasteiger partial charge in [-0.25, -0.2) is 0 Å². The predicted octanol–water partition coefficient (Wildman–Crippen LogP) is 3.35. The number of rotatable bonds is 4. The van der Waals surface area contributed by atoms with Crippen LogP contribution >= 0.6 is 0 Å². The second-order valence-electron chi connectivity index (χ2n) is 4.08. The lowest BCUT2D eigenvalue weighted by Crippen LogP contribution is -1.97. The van der Waals surface area contributed by atoms with Crippen LogP contribution in [-0.2, 0) is 12.8 Å². The van der Waals surface area contributed by atoms with Crippen molar-refractivity contribution in [2.24, 2.45) is 0 Å². The largest absolute Gasteiger partial charge is 0.496 e. The van der Waals surface area contributed by atoms with Crippen LogP contribution in [0.2, 0.25) is 0 Å². The summed E-state index contributed by atoms with van der Waals surface area (Å²) in [5.41, 5.74) is 3.02. The van der Waals surface area contributed by atoms with Gasteiger partial charge >= 0.3 is 0 Å².